The second-order valence-corrected chi connectivity index (χ2v) is 9.35. The van der Waals surface area contributed by atoms with Crippen LogP contribution in [0.3, 0.4) is 0 Å². The first-order valence-electron chi connectivity index (χ1n) is 11.5. The Morgan fingerprint density at radius 3 is 2.29 bits per heavy atom. The zero-order valence-corrected chi connectivity index (χ0v) is 19.3. The highest BCUT2D eigenvalue weighted by molar-refractivity contribution is 7.99. The maximum atomic E-state index is 13.3. The molecule has 0 aliphatic heterocycles. The van der Waals surface area contributed by atoms with E-state index >= 15 is 0 Å². The van der Waals surface area contributed by atoms with Gasteiger partial charge in [0, 0.05) is 29.7 Å². The molecular formula is C26H34N2O2S. The minimum absolute atomic E-state index is 0.00519. The van der Waals surface area contributed by atoms with Gasteiger partial charge in [0.15, 0.2) is 0 Å². The highest BCUT2D eigenvalue weighted by Gasteiger charge is 2.30. The molecule has 1 fully saturated rings. The van der Waals surface area contributed by atoms with Gasteiger partial charge in [-0.05, 0) is 37.0 Å². The van der Waals surface area contributed by atoms with Crippen molar-refractivity contribution in [3.05, 3.63) is 66.2 Å². The molecule has 0 saturated heterocycles. The first-order chi connectivity index (χ1) is 15.2. The number of benzene rings is 2. The predicted octanol–water partition coefficient (Wildman–Crippen LogP) is 5.43. The van der Waals surface area contributed by atoms with Crippen molar-refractivity contribution in [3.63, 3.8) is 0 Å². The molecule has 166 valence electrons. The Morgan fingerprint density at radius 1 is 1.00 bits per heavy atom. The number of hydrogen-bond donors (Lipinski definition) is 1. The van der Waals surface area contributed by atoms with Gasteiger partial charge in [0.2, 0.25) is 11.8 Å². The van der Waals surface area contributed by atoms with E-state index in [1.165, 1.54) is 19.3 Å². The molecular weight excluding hydrogens is 404 g/mol. The average molecular weight is 439 g/mol. The van der Waals surface area contributed by atoms with Crippen LogP contribution in [0.2, 0.25) is 0 Å². The zero-order chi connectivity index (χ0) is 21.9. The van der Waals surface area contributed by atoms with Gasteiger partial charge < -0.3 is 10.2 Å². The van der Waals surface area contributed by atoms with Crippen LogP contribution in [0.4, 0.5) is 0 Å². The lowest BCUT2D eigenvalue weighted by Gasteiger charge is -2.33. The molecule has 0 heterocycles. The summed E-state index contributed by atoms with van der Waals surface area (Å²) >= 11 is 1.68. The zero-order valence-electron chi connectivity index (χ0n) is 18.5. The molecule has 0 bridgehead atoms. The fourth-order valence-corrected chi connectivity index (χ4v) is 5.02. The Kier molecular flexibility index (Phi) is 9.47. The van der Waals surface area contributed by atoms with Gasteiger partial charge >= 0.3 is 0 Å². The van der Waals surface area contributed by atoms with Gasteiger partial charge in [-0.25, -0.2) is 0 Å². The number of thioether (sulfide) groups is 1. The Morgan fingerprint density at radius 2 is 1.65 bits per heavy atom. The van der Waals surface area contributed by atoms with Crippen LogP contribution in [0.15, 0.2) is 65.6 Å². The van der Waals surface area contributed by atoms with Crippen molar-refractivity contribution < 1.29 is 9.59 Å². The predicted molar refractivity (Wildman–Crippen MR) is 128 cm³/mol. The summed E-state index contributed by atoms with van der Waals surface area (Å²) in [5.74, 6) is 0.738. The molecule has 1 aliphatic carbocycles. The monoisotopic (exact) mass is 438 g/mol. The third-order valence-corrected chi connectivity index (χ3v) is 6.87. The minimum atomic E-state index is -0.434. The fraction of sp³-hybridized carbons (Fsp3) is 0.462. The topological polar surface area (TPSA) is 49.4 Å². The van der Waals surface area contributed by atoms with E-state index in [0.29, 0.717) is 25.1 Å². The van der Waals surface area contributed by atoms with E-state index in [2.05, 4.69) is 17.4 Å². The number of hydrogen-bond acceptors (Lipinski definition) is 3. The Hall–Kier alpha value is -2.27. The highest BCUT2D eigenvalue weighted by Crippen LogP contribution is 2.21. The maximum Gasteiger partial charge on any atom is 0.243 e. The molecule has 31 heavy (non-hydrogen) atoms. The molecule has 1 saturated carbocycles. The molecule has 3 rings (SSSR count). The summed E-state index contributed by atoms with van der Waals surface area (Å²) in [5.41, 5.74) is 1.05. The van der Waals surface area contributed by atoms with E-state index in [0.717, 1.165) is 23.3 Å². The second-order valence-electron chi connectivity index (χ2n) is 8.19. The molecule has 0 radical (unpaired) electrons. The molecule has 4 nitrogen and oxygen atoms in total. The lowest BCUT2D eigenvalue weighted by Crippen LogP contribution is -2.51. The summed E-state index contributed by atoms with van der Waals surface area (Å²) in [6.45, 7) is 2.46. The summed E-state index contributed by atoms with van der Waals surface area (Å²) in [4.78, 5) is 29.4. The van der Waals surface area contributed by atoms with Gasteiger partial charge in [0.05, 0.1) is 0 Å². The number of nitrogens with one attached hydrogen (secondary N) is 1. The van der Waals surface area contributed by atoms with Crippen LogP contribution in [-0.2, 0) is 16.1 Å². The van der Waals surface area contributed by atoms with Crippen LogP contribution in [0.1, 0.15) is 57.4 Å². The van der Waals surface area contributed by atoms with E-state index < -0.39 is 6.04 Å². The lowest BCUT2D eigenvalue weighted by atomic mass is 9.95. The molecule has 0 unspecified atom stereocenters. The van der Waals surface area contributed by atoms with Crippen molar-refractivity contribution in [1.82, 2.24) is 10.2 Å². The third-order valence-electron chi connectivity index (χ3n) is 5.86. The van der Waals surface area contributed by atoms with E-state index in [9.17, 15) is 9.59 Å². The van der Waals surface area contributed by atoms with Gasteiger partial charge in [0.25, 0.3) is 0 Å². The number of carbonyl (C=O) groups is 2. The van der Waals surface area contributed by atoms with Crippen molar-refractivity contribution in [2.75, 3.05) is 5.75 Å². The highest BCUT2D eigenvalue weighted by atomic mass is 32.2. The smallest absolute Gasteiger partial charge is 0.243 e. The first-order valence-corrected chi connectivity index (χ1v) is 12.5. The van der Waals surface area contributed by atoms with Crippen molar-refractivity contribution >= 4 is 23.6 Å². The Bertz CT molecular complexity index is 807. The molecule has 0 spiro atoms. The number of rotatable bonds is 10. The van der Waals surface area contributed by atoms with Crippen LogP contribution in [0, 0.1) is 0 Å². The largest absolute Gasteiger partial charge is 0.352 e. The summed E-state index contributed by atoms with van der Waals surface area (Å²) in [6, 6.07) is 19.9. The number of nitrogens with zero attached hydrogens (tertiary/aromatic N) is 1. The van der Waals surface area contributed by atoms with Gasteiger partial charge in [-0.1, -0.05) is 74.7 Å². The van der Waals surface area contributed by atoms with Gasteiger partial charge in [-0.3, -0.25) is 9.59 Å². The molecule has 1 aliphatic rings. The molecule has 1 atom stereocenters. The molecule has 1 N–H and O–H groups in total. The normalized spacial score (nSPS) is 15.3. The van der Waals surface area contributed by atoms with E-state index in [1.54, 1.807) is 16.7 Å². The summed E-state index contributed by atoms with van der Waals surface area (Å²) in [7, 11) is 0. The molecule has 2 aromatic carbocycles. The standard InChI is InChI=1S/C26H34N2O2S/c1-2-24(26(30)27-22-14-8-4-9-15-22)28(20-21-12-6-3-7-13-21)25(29)18-19-31-23-16-10-5-11-17-23/h3,5-7,10-13,16-17,22,24H,2,4,8-9,14-15,18-20H2,1H3,(H,27,30)/t24-/m1/s1. The van der Waals surface area contributed by atoms with Gasteiger partial charge in [-0.15, -0.1) is 11.8 Å². The molecule has 5 heteroatoms. The van der Waals surface area contributed by atoms with Crippen LogP contribution in [-0.4, -0.2) is 34.6 Å². The van der Waals surface area contributed by atoms with Crippen LogP contribution in [0.25, 0.3) is 0 Å². The van der Waals surface area contributed by atoms with Gasteiger partial charge in [0.1, 0.15) is 6.04 Å². The Labute approximate surface area is 190 Å². The second kappa shape index (κ2) is 12.6. The van der Waals surface area contributed by atoms with Gasteiger partial charge in [-0.2, -0.15) is 0 Å². The van der Waals surface area contributed by atoms with Crippen molar-refractivity contribution in [3.8, 4) is 0 Å². The molecule has 0 aromatic heterocycles. The number of carbonyl (C=O) groups excluding carboxylic acids is 2. The number of amides is 2. The lowest BCUT2D eigenvalue weighted by molar-refractivity contribution is -0.141. The summed E-state index contributed by atoms with van der Waals surface area (Å²) in [6.07, 6.45) is 6.71. The third kappa shape index (κ3) is 7.42. The van der Waals surface area contributed by atoms with Crippen LogP contribution < -0.4 is 5.32 Å². The summed E-state index contributed by atoms with van der Waals surface area (Å²) in [5, 5.41) is 3.23. The minimum Gasteiger partial charge on any atom is -0.352 e. The van der Waals surface area contributed by atoms with Crippen molar-refractivity contribution in [1.29, 1.82) is 0 Å². The van der Waals surface area contributed by atoms with E-state index in [-0.39, 0.29) is 17.9 Å². The van der Waals surface area contributed by atoms with Crippen LogP contribution >= 0.6 is 11.8 Å². The first kappa shape index (κ1) is 23.4. The van der Waals surface area contributed by atoms with Crippen LogP contribution in [0.5, 0.6) is 0 Å². The molecule has 2 aromatic rings. The van der Waals surface area contributed by atoms with Crippen molar-refractivity contribution in [2.24, 2.45) is 0 Å². The molecule has 2 amide bonds. The van der Waals surface area contributed by atoms with Crippen molar-refractivity contribution in [2.45, 2.75) is 75.4 Å². The SMILES string of the molecule is CC[C@H](C(=O)NC1CCCCC1)N(Cc1ccccc1)C(=O)CCSc1ccccc1. The maximum absolute atomic E-state index is 13.3. The quantitative estimate of drug-likeness (QED) is 0.504. The summed E-state index contributed by atoms with van der Waals surface area (Å²) < 4.78 is 0. The van der Waals surface area contributed by atoms with E-state index in [1.807, 2.05) is 55.5 Å². The average Bonchev–Trinajstić information content (AvgIpc) is 2.81. The van der Waals surface area contributed by atoms with E-state index in [4.69, 9.17) is 0 Å². The fourth-order valence-electron chi connectivity index (χ4n) is 4.16. The Balaban J connectivity index is 1.67.